The van der Waals surface area contributed by atoms with E-state index in [2.05, 4.69) is 6.58 Å². The van der Waals surface area contributed by atoms with Gasteiger partial charge in [-0.25, -0.2) is 0 Å². The van der Waals surface area contributed by atoms with Crippen LogP contribution in [0, 0.1) is 0 Å². The van der Waals surface area contributed by atoms with Gasteiger partial charge in [0.25, 0.3) is 0 Å². The first-order valence-corrected chi connectivity index (χ1v) is 4.09. The lowest BCUT2D eigenvalue weighted by molar-refractivity contribution is 1.47. The Morgan fingerprint density at radius 2 is 2.00 bits per heavy atom. The maximum atomic E-state index is 5.82. The van der Waals surface area contributed by atoms with Crippen molar-refractivity contribution >= 4 is 11.4 Å². The fraction of sp³-hybridized carbons (Fsp3) is 0.0909. The minimum Gasteiger partial charge on any atom is -0.398 e. The molecule has 0 heterocycles. The minimum atomic E-state index is 0.658. The normalized spacial score (nSPS) is 11.3. The lowest BCUT2D eigenvalue weighted by atomic mass is 10.1. The molecule has 0 aliphatic heterocycles. The SMILES string of the molecule is C=C(C)/C=C(/N)c1ccccc1N. The summed E-state index contributed by atoms with van der Waals surface area (Å²) in [6.07, 6.45) is 1.81. The Balaban J connectivity index is 3.08. The molecule has 1 aromatic rings. The van der Waals surface area contributed by atoms with E-state index in [1.54, 1.807) is 0 Å². The first-order valence-electron chi connectivity index (χ1n) is 4.09. The van der Waals surface area contributed by atoms with E-state index in [9.17, 15) is 0 Å². The fourth-order valence-corrected chi connectivity index (χ4v) is 1.10. The van der Waals surface area contributed by atoms with Crippen LogP contribution in [0.4, 0.5) is 5.69 Å². The van der Waals surface area contributed by atoms with Crippen LogP contribution in [0.3, 0.4) is 0 Å². The number of nitrogen functional groups attached to an aromatic ring is 1. The number of para-hydroxylation sites is 1. The molecule has 0 fully saturated rings. The van der Waals surface area contributed by atoms with Crippen molar-refractivity contribution in [1.82, 2.24) is 0 Å². The average Bonchev–Trinajstić information content (AvgIpc) is 2.03. The Labute approximate surface area is 78.6 Å². The van der Waals surface area contributed by atoms with E-state index in [0.29, 0.717) is 11.4 Å². The summed E-state index contributed by atoms with van der Waals surface area (Å²) >= 11 is 0. The number of rotatable bonds is 2. The molecule has 1 aromatic carbocycles. The fourth-order valence-electron chi connectivity index (χ4n) is 1.10. The van der Waals surface area contributed by atoms with Gasteiger partial charge in [-0.1, -0.05) is 30.4 Å². The molecule has 13 heavy (non-hydrogen) atoms. The van der Waals surface area contributed by atoms with Crippen molar-refractivity contribution in [3.63, 3.8) is 0 Å². The molecule has 0 aliphatic rings. The van der Waals surface area contributed by atoms with Crippen molar-refractivity contribution < 1.29 is 0 Å². The lowest BCUT2D eigenvalue weighted by Crippen LogP contribution is -2.00. The van der Waals surface area contributed by atoms with Crippen LogP contribution in [0.5, 0.6) is 0 Å². The highest BCUT2D eigenvalue weighted by molar-refractivity contribution is 5.74. The lowest BCUT2D eigenvalue weighted by Gasteiger charge is -2.04. The van der Waals surface area contributed by atoms with Crippen molar-refractivity contribution in [3.05, 3.63) is 48.1 Å². The number of nitrogens with two attached hydrogens (primary N) is 2. The van der Waals surface area contributed by atoms with E-state index < -0.39 is 0 Å². The predicted molar refractivity (Wildman–Crippen MR) is 57.8 cm³/mol. The molecule has 68 valence electrons. The Bertz CT molecular complexity index is 351. The highest BCUT2D eigenvalue weighted by Gasteiger charge is 1.99. The summed E-state index contributed by atoms with van der Waals surface area (Å²) in [5.74, 6) is 0. The van der Waals surface area contributed by atoms with E-state index in [-0.39, 0.29) is 0 Å². The zero-order valence-electron chi connectivity index (χ0n) is 7.75. The van der Waals surface area contributed by atoms with Crippen LogP contribution < -0.4 is 11.5 Å². The second-order valence-electron chi connectivity index (χ2n) is 3.03. The molecular formula is C11H14N2. The molecule has 0 radical (unpaired) electrons. The Morgan fingerprint density at radius 1 is 1.38 bits per heavy atom. The van der Waals surface area contributed by atoms with Crippen LogP contribution >= 0.6 is 0 Å². The molecular weight excluding hydrogens is 160 g/mol. The summed E-state index contributed by atoms with van der Waals surface area (Å²) in [5, 5.41) is 0. The van der Waals surface area contributed by atoms with Gasteiger partial charge in [0.15, 0.2) is 0 Å². The van der Waals surface area contributed by atoms with Crippen molar-refractivity contribution in [2.45, 2.75) is 6.92 Å². The van der Waals surface area contributed by atoms with Gasteiger partial charge in [0, 0.05) is 16.9 Å². The number of hydrogen-bond donors (Lipinski definition) is 2. The summed E-state index contributed by atoms with van der Waals surface area (Å²) < 4.78 is 0. The zero-order chi connectivity index (χ0) is 9.84. The van der Waals surface area contributed by atoms with Gasteiger partial charge in [-0.2, -0.15) is 0 Å². The molecule has 2 nitrogen and oxygen atoms in total. The van der Waals surface area contributed by atoms with Crippen molar-refractivity contribution in [2.75, 3.05) is 5.73 Å². The summed E-state index contributed by atoms with van der Waals surface area (Å²) in [4.78, 5) is 0. The Hall–Kier alpha value is -1.70. The molecule has 0 amide bonds. The number of allylic oxidation sites excluding steroid dienone is 2. The average molecular weight is 174 g/mol. The third-order valence-electron chi connectivity index (χ3n) is 1.67. The van der Waals surface area contributed by atoms with Gasteiger partial charge in [0.1, 0.15) is 0 Å². The van der Waals surface area contributed by atoms with Gasteiger partial charge in [-0.3, -0.25) is 0 Å². The molecule has 0 saturated heterocycles. The van der Waals surface area contributed by atoms with Gasteiger partial charge < -0.3 is 11.5 Å². The first-order chi connectivity index (χ1) is 6.11. The van der Waals surface area contributed by atoms with Crippen LogP contribution in [-0.4, -0.2) is 0 Å². The first kappa shape index (κ1) is 9.39. The van der Waals surface area contributed by atoms with E-state index in [4.69, 9.17) is 11.5 Å². The van der Waals surface area contributed by atoms with Crippen LogP contribution in [0.1, 0.15) is 12.5 Å². The number of hydrogen-bond acceptors (Lipinski definition) is 2. The minimum absolute atomic E-state index is 0.658. The second kappa shape index (κ2) is 3.81. The Kier molecular flexibility index (Phi) is 2.75. The van der Waals surface area contributed by atoms with E-state index in [1.165, 1.54) is 0 Å². The monoisotopic (exact) mass is 174 g/mol. The topological polar surface area (TPSA) is 52.0 Å². The molecule has 0 unspecified atom stereocenters. The largest absolute Gasteiger partial charge is 0.398 e. The van der Waals surface area contributed by atoms with Gasteiger partial charge in [-0.05, 0) is 19.1 Å². The summed E-state index contributed by atoms with van der Waals surface area (Å²) in [6.45, 7) is 5.65. The molecule has 0 atom stereocenters. The van der Waals surface area contributed by atoms with Crippen molar-refractivity contribution in [1.29, 1.82) is 0 Å². The maximum absolute atomic E-state index is 5.82. The number of anilines is 1. The maximum Gasteiger partial charge on any atom is 0.0410 e. The van der Waals surface area contributed by atoms with E-state index >= 15 is 0 Å². The molecule has 1 rings (SSSR count). The van der Waals surface area contributed by atoms with E-state index in [0.717, 1.165) is 11.1 Å². The molecule has 0 spiro atoms. The summed E-state index contributed by atoms with van der Waals surface area (Å²) in [6, 6.07) is 7.51. The summed E-state index contributed by atoms with van der Waals surface area (Å²) in [5.41, 5.74) is 14.7. The van der Waals surface area contributed by atoms with Crippen LogP contribution in [0.2, 0.25) is 0 Å². The predicted octanol–water partition coefficient (Wildman–Crippen LogP) is 2.14. The standard InChI is InChI=1S/C11H14N2/c1-8(2)7-11(13)9-5-3-4-6-10(9)12/h3-7H,1,12-13H2,2H3/b11-7+. The van der Waals surface area contributed by atoms with Crippen LogP contribution in [-0.2, 0) is 0 Å². The molecule has 0 aliphatic carbocycles. The second-order valence-corrected chi connectivity index (χ2v) is 3.03. The van der Waals surface area contributed by atoms with Crippen LogP contribution in [0.25, 0.3) is 5.70 Å². The quantitative estimate of drug-likeness (QED) is 0.533. The number of benzene rings is 1. The Morgan fingerprint density at radius 3 is 2.54 bits per heavy atom. The zero-order valence-corrected chi connectivity index (χ0v) is 7.75. The highest BCUT2D eigenvalue weighted by atomic mass is 14.6. The molecule has 0 aromatic heterocycles. The van der Waals surface area contributed by atoms with Gasteiger partial charge in [0.2, 0.25) is 0 Å². The molecule has 4 N–H and O–H groups in total. The van der Waals surface area contributed by atoms with Gasteiger partial charge in [-0.15, -0.1) is 0 Å². The third-order valence-corrected chi connectivity index (χ3v) is 1.67. The van der Waals surface area contributed by atoms with E-state index in [1.807, 2.05) is 37.3 Å². The molecule has 2 heteroatoms. The molecule has 0 bridgehead atoms. The third kappa shape index (κ3) is 2.37. The smallest absolute Gasteiger partial charge is 0.0410 e. The van der Waals surface area contributed by atoms with Crippen molar-refractivity contribution in [2.24, 2.45) is 5.73 Å². The summed E-state index contributed by atoms with van der Waals surface area (Å²) in [7, 11) is 0. The highest BCUT2D eigenvalue weighted by Crippen LogP contribution is 2.17. The van der Waals surface area contributed by atoms with Gasteiger partial charge in [0.05, 0.1) is 0 Å². The van der Waals surface area contributed by atoms with Crippen LogP contribution in [0.15, 0.2) is 42.5 Å². The molecule has 0 saturated carbocycles. The van der Waals surface area contributed by atoms with Gasteiger partial charge >= 0.3 is 0 Å². The van der Waals surface area contributed by atoms with Crippen molar-refractivity contribution in [3.8, 4) is 0 Å².